The van der Waals surface area contributed by atoms with Crippen molar-refractivity contribution in [3.63, 3.8) is 0 Å². The van der Waals surface area contributed by atoms with E-state index in [-0.39, 0.29) is 42.0 Å². The van der Waals surface area contributed by atoms with Crippen LogP contribution in [0.15, 0.2) is 48.8 Å². The Bertz CT molecular complexity index is 933. The first kappa shape index (κ1) is 19.0. The zero-order valence-corrected chi connectivity index (χ0v) is 16.3. The monoisotopic (exact) mass is 409 g/mol. The van der Waals surface area contributed by atoms with Crippen molar-refractivity contribution in [2.75, 3.05) is 13.2 Å². The van der Waals surface area contributed by atoms with Crippen LogP contribution in [0.3, 0.4) is 0 Å². The minimum absolute atomic E-state index is 0.0748. The summed E-state index contributed by atoms with van der Waals surface area (Å²) in [7, 11) is 0. The molecule has 2 saturated heterocycles. The number of aromatic nitrogens is 1. The number of nitrogens with one attached hydrogen (secondary N) is 2. The third kappa shape index (κ3) is 4.01. The van der Waals surface area contributed by atoms with E-state index in [1.807, 2.05) is 0 Å². The maximum atomic E-state index is 12.8. The van der Waals surface area contributed by atoms with Gasteiger partial charge in [0, 0.05) is 17.7 Å². The molecule has 8 heteroatoms. The highest BCUT2D eigenvalue weighted by atomic mass is 16.6. The Morgan fingerprint density at radius 2 is 1.70 bits per heavy atom. The van der Waals surface area contributed by atoms with Crippen LogP contribution in [0.1, 0.15) is 23.2 Å². The van der Waals surface area contributed by atoms with Crippen molar-refractivity contribution in [1.82, 2.24) is 15.6 Å². The molecular weight excluding hydrogens is 386 g/mol. The van der Waals surface area contributed by atoms with Crippen LogP contribution >= 0.6 is 0 Å². The largest absolute Gasteiger partial charge is 0.456 e. The minimum Gasteiger partial charge on any atom is -0.456 e. The number of hydrogen-bond donors (Lipinski definition) is 2. The Morgan fingerprint density at radius 3 is 2.40 bits per heavy atom. The quantitative estimate of drug-likeness (QED) is 0.753. The SMILES string of the molecule is O=C(NC1COC2C(NC(=O)C3CC3)COC12)c1cccc(Oc2cccnc2)c1. The lowest BCUT2D eigenvalue weighted by atomic mass is 10.1. The fourth-order valence-electron chi connectivity index (χ4n) is 3.89. The fourth-order valence-corrected chi connectivity index (χ4v) is 3.89. The second-order valence-electron chi connectivity index (χ2n) is 7.88. The highest BCUT2D eigenvalue weighted by molar-refractivity contribution is 5.94. The number of ether oxygens (including phenoxy) is 3. The lowest BCUT2D eigenvalue weighted by Gasteiger charge is -2.18. The van der Waals surface area contributed by atoms with Crippen LogP contribution in [0.5, 0.6) is 11.5 Å². The lowest BCUT2D eigenvalue weighted by Crippen LogP contribution is -2.47. The van der Waals surface area contributed by atoms with Crippen LogP contribution in [0.2, 0.25) is 0 Å². The van der Waals surface area contributed by atoms with E-state index in [0.717, 1.165) is 12.8 Å². The Kier molecular flexibility index (Phi) is 5.10. The summed E-state index contributed by atoms with van der Waals surface area (Å²) >= 11 is 0. The molecule has 30 heavy (non-hydrogen) atoms. The van der Waals surface area contributed by atoms with Crippen LogP contribution in [-0.4, -0.2) is 54.3 Å². The summed E-state index contributed by atoms with van der Waals surface area (Å²) in [6, 6.07) is 10.1. The van der Waals surface area contributed by atoms with E-state index in [2.05, 4.69) is 15.6 Å². The van der Waals surface area contributed by atoms with Gasteiger partial charge in [-0.05, 0) is 43.2 Å². The van der Waals surface area contributed by atoms with Crippen LogP contribution in [0, 0.1) is 5.92 Å². The first-order valence-electron chi connectivity index (χ1n) is 10.2. The minimum atomic E-state index is -0.270. The van der Waals surface area contributed by atoms with Gasteiger partial charge in [-0.25, -0.2) is 0 Å². The van der Waals surface area contributed by atoms with E-state index in [9.17, 15) is 9.59 Å². The van der Waals surface area contributed by atoms with Gasteiger partial charge in [-0.15, -0.1) is 0 Å². The molecule has 1 aromatic carbocycles. The number of nitrogens with zero attached hydrogens (tertiary/aromatic N) is 1. The summed E-state index contributed by atoms with van der Waals surface area (Å²) in [5, 5.41) is 6.02. The Hall–Kier alpha value is -2.97. The predicted molar refractivity (Wildman–Crippen MR) is 106 cm³/mol. The summed E-state index contributed by atoms with van der Waals surface area (Å²) in [6.45, 7) is 0.747. The third-order valence-corrected chi connectivity index (χ3v) is 5.61. The Labute approximate surface area is 173 Å². The summed E-state index contributed by atoms with van der Waals surface area (Å²) in [5.74, 6) is 1.14. The molecule has 2 aliphatic heterocycles. The molecule has 1 aliphatic carbocycles. The van der Waals surface area contributed by atoms with Crippen molar-refractivity contribution in [1.29, 1.82) is 0 Å². The zero-order valence-electron chi connectivity index (χ0n) is 16.3. The van der Waals surface area contributed by atoms with E-state index in [4.69, 9.17) is 14.2 Å². The van der Waals surface area contributed by atoms with Crippen molar-refractivity contribution in [3.05, 3.63) is 54.4 Å². The molecule has 5 rings (SSSR count). The molecule has 1 saturated carbocycles. The van der Waals surface area contributed by atoms with E-state index in [1.54, 1.807) is 48.8 Å². The molecule has 1 aromatic heterocycles. The zero-order chi connectivity index (χ0) is 20.5. The normalized spacial score (nSPS) is 27.3. The number of amides is 2. The first-order valence-corrected chi connectivity index (χ1v) is 10.2. The standard InChI is InChI=1S/C22H23N3O5/c26-21(13-6-7-13)24-17-11-28-20-18(12-29-19(17)20)25-22(27)14-3-1-4-15(9-14)30-16-5-2-8-23-10-16/h1-5,8-10,13,17-20H,6-7,11-12H2,(H,24,26)(H,25,27). The number of hydrogen-bond acceptors (Lipinski definition) is 6. The van der Waals surface area contributed by atoms with Crippen LogP contribution in [-0.2, 0) is 14.3 Å². The second-order valence-corrected chi connectivity index (χ2v) is 7.88. The van der Waals surface area contributed by atoms with Gasteiger partial charge in [-0.1, -0.05) is 6.07 Å². The molecule has 3 aliphatic rings. The van der Waals surface area contributed by atoms with Gasteiger partial charge < -0.3 is 24.8 Å². The smallest absolute Gasteiger partial charge is 0.251 e. The first-order chi connectivity index (χ1) is 14.7. The van der Waals surface area contributed by atoms with Crippen molar-refractivity contribution in [3.8, 4) is 11.5 Å². The van der Waals surface area contributed by atoms with E-state index < -0.39 is 0 Å². The number of pyridine rings is 1. The Balaban J connectivity index is 1.20. The summed E-state index contributed by atoms with van der Waals surface area (Å²) < 4.78 is 17.5. The molecule has 2 N–H and O–H groups in total. The molecule has 3 heterocycles. The maximum absolute atomic E-state index is 12.8. The summed E-state index contributed by atoms with van der Waals surface area (Å²) in [4.78, 5) is 28.9. The highest BCUT2D eigenvalue weighted by Crippen LogP contribution is 2.31. The topological polar surface area (TPSA) is 98.8 Å². The number of benzene rings is 1. The molecule has 2 aromatic rings. The number of carbonyl (C=O) groups excluding carboxylic acids is 2. The summed E-state index contributed by atoms with van der Waals surface area (Å²) in [5.41, 5.74) is 0.483. The molecular formula is C22H23N3O5. The van der Waals surface area contributed by atoms with Gasteiger partial charge in [0.05, 0.1) is 31.5 Å². The summed E-state index contributed by atoms with van der Waals surface area (Å²) in [6.07, 6.45) is 4.68. The van der Waals surface area contributed by atoms with Crippen molar-refractivity contribution in [2.24, 2.45) is 5.92 Å². The third-order valence-electron chi connectivity index (χ3n) is 5.61. The Morgan fingerprint density at radius 1 is 0.967 bits per heavy atom. The molecule has 0 bridgehead atoms. The predicted octanol–water partition coefficient (Wildman–Crippen LogP) is 1.66. The number of carbonyl (C=O) groups is 2. The maximum Gasteiger partial charge on any atom is 0.251 e. The van der Waals surface area contributed by atoms with Crippen LogP contribution < -0.4 is 15.4 Å². The van der Waals surface area contributed by atoms with E-state index in [0.29, 0.717) is 30.3 Å². The molecule has 8 nitrogen and oxygen atoms in total. The van der Waals surface area contributed by atoms with Crippen LogP contribution in [0.25, 0.3) is 0 Å². The van der Waals surface area contributed by atoms with Gasteiger partial charge in [0.25, 0.3) is 5.91 Å². The average Bonchev–Trinajstić information content (AvgIpc) is 3.44. The van der Waals surface area contributed by atoms with Crippen molar-refractivity contribution < 1.29 is 23.8 Å². The molecule has 4 unspecified atom stereocenters. The van der Waals surface area contributed by atoms with E-state index in [1.165, 1.54) is 0 Å². The number of fused-ring (bicyclic) bond motifs is 1. The molecule has 2 amide bonds. The lowest BCUT2D eigenvalue weighted by molar-refractivity contribution is -0.123. The van der Waals surface area contributed by atoms with Crippen molar-refractivity contribution >= 4 is 11.8 Å². The average molecular weight is 409 g/mol. The van der Waals surface area contributed by atoms with Gasteiger partial charge in [0.2, 0.25) is 5.91 Å². The van der Waals surface area contributed by atoms with Gasteiger partial charge in [0.15, 0.2) is 0 Å². The highest BCUT2D eigenvalue weighted by Gasteiger charge is 2.49. The van der Waals surface area contributed by atoms with Crippen LogP contribution in [0.4, 0.5) is 0 Å². The second kappa shape index (κ2) is 8.04. The van der Waals surface area contributed by atoms with Gasteiger partial charge in [-0.2, -0.15) is 0 Å². The van der Waals surface area contributed by atoms with Gasteiger partial charge >= 0.3 is 0 Å². The number of rotatable bonds is 6. The van der Waals surface area contributed by atoms with E-state index >= 15 is 0 Å². The fraction of sp³-hybridized carbons (Fsp3) is 0.409. The van der Waals surface area contributed by atoms with Gasteiger partial charge in [-0.3, -0.25) is 14.6 Å². The molecule has 0 radical (unpaired) electrons. The van der Waals surface area contributed by atoms with Gasteiger partial charge in [0.1, 0.15) is 23.7 Å². The molecule has 156 valence electrons. The molecule has 0 spiro atoms. The molecule has 3 fully saturated rings. The molecule has 4 atom stereocenters. The van der Waals surface area contributed by atoms with Crippen molar-refractivity contribution in [2.45, 2.75) is 37.1 Å².